The highest BCUT2D eigenvalue weighted by atomic mass is 16.6. The molecule has 3 aromatic carbocycles. The van der Waals surface area contributed by atoms with Gasteiger partial charge in [0, 0.05) is 58.8 Å². The number of aryl methyl sites for hydroxylation is 2. The summed E-state index contributed by atoms with van der Waals surface area (Å²) in [5.41, 5.74) is 8.45. The molecule has 0 saturated heterocycles. The average Bonchev–Trinajstić information content (AvgIpc) is 3.55. The van der Waals surface area contributed by atoms with E-state index in [1.807, 2.05) is 43.3 Å². The van der Waals surface area contributed by atoms with Crippen molar-refractivity contribution < 1.29 is 14.3 Å². The Bertz CT molecular complexity index is 2090. The van der Waals surface area contributed by atoms with Crippen molar-refractivity contribution in [3.8, 4) is 16.9 Å². The SMILES string of the molecule is CCOc1cc(N(CC)CC)ccc1C1(c2c(-c3ccccc3)c(C)n3cc(CC)ccc23)OC(=O)c2cc3ccccc3nc21. The van der Waals surface area contributed by atoms with Crippen molar-refractivity contribution in [1.82, 2.24) is 9.38 Å². The zero-order valence-electron chi connectivity index (χ0n) is 27.1. The summed E-state index contributed by atoms with van der Waals surface area (Å²) < 4.78 is 15.5. The first-order valence-corrected chi connectivity index (χ1v) is 16.3. The van der Waals surface area contributed by atoms with Gasteiger partial charge in [-0.3, -0.25) is 0 Å². The fourth-order valence-corrected chi connectivity index (χ4v) is 7.11. The molecule has 46 heavy (non-hydrogen) atoms. The number of carbonyl (C=O) groups is 1. The van der Waals surface area contributed by atoms with Crippen molar-refractivity contribution in [2.24, 2.45) is 0 Å². The molecule has 6 aromatic rings. The van der Waals surface area contributed by atoms with Crippen LogP contribution in [-0.4, -0.2) is 35.1 Å². The van der Waals surface area contributed by atoms with Crippen molar-refractivity contribution in [2.45, 2.75) is 46.6 Å². The highest BCUT2D eigenvalue weighted by molar-refractivity contribution is 6.01. The van der Waals surface area contributed by atoms with Crippen LogP contribution in [0.5, 0.6) is 5.75 Å². The molecular formula is C40H39N3O3. The van der Waals surface area contributed by atoms with Crippen LogP contribution in [-0.2, 0) is 16.8 Å². The molecule has 0 radical (unpaired) electrons. The topological polar surface area (TPSA) is 56.1 Å². The maximum atomic E-state index is 14.2. The van der Waals surface area contributed by atoms with E-state index in [0.29, 0.717) is 23.6 Å². The maximum Gasteiger partial charge on any atom is 0.341 e. The van der Waals surface area contributed by atoms with E-state index in [-0.39, 0.29) is 0 Å². The largest absolute Gasteiger partial charge is 0.493 e. The Kier molecular flexibility index (Phi) is 7.52. The minimum atomic E-state index is -1.39. The summed E-state index contributed by atoms with van der Waals surface area (Å²) in [4.78, 5) is 21.7. The zero-order chi connectivity index (χ0) is 32.0. The summed E-state index contributed by atoms with van der Waals surface area (Å²) >= 11 is 0. The molecule has 0 amide bonds. The third kappa shape index (κ3) is 4.46. The third-order valence-corrected chi connectivity index (χ3v) is 9.36. The van der Waals surface area contributed by atoms with Gasteiger partial charge < -0.3 is 18.8 Å². The molecule has 1 unspecified atom stereocenters. The van der Waals surface area contributed by atoms with E-state index in [0.717, 1.165) is 69.6 Å². The number of hydrogen-bond donors (Lipinski definition) is 0. The molecule has 4 heterocycles. The number of hydrogen-bond acceptors (Lipinski definition) is 5. The fraction of sp³-hybridized carbons (Fsp3) is 0.250. The van der Waals surface area contributed by atoms with Crippen LogP contribution >= 0.6 is 0 Å². The van der Waals surface area contributed by atoms with Gasteiger partial charge in [0.05, 0.1) is 23.2 Å². The summed E-state index contributed by atoms with van der Waals surface area (Å²) in [7, 11) is 0. The first-order chi connectivity index (χ1) is 22.4. The van der Waals surface area contributed by atoms with Crippen LogP contribution in [0.1, 0.15) is 66.1 Å². The van der Waals surface area contributed by atoms with Gasteiger partial charge in [-0.05, 0) is 75.6 Å². The molecule has 0 bridgehead atoms. The zero-order valence-corrected chi connectivity index (χ0v) is 27.1. The molecule has 0 saturated carbocycles. The van der Waals surface area contributed by atoms with Crippen molar-refractivity contribution in [1.29, 1.82) is 0 Å². The molecule has 0 N–H and O–H groups in total. The number of fused-ring (bicyclic) bond motifs is 3. The van der Waals surface area contributed by atoms with Crippen molar-refractivity contribution in [3.63, 3.8) is 0 Å². The summed E-state index contributed by atoms with van der Waals surface area (Å²) in [6.07, 6.45) is 3.11. The van der Waals surface area contributed by atoms with E-state index in [4.69, 9.17) is 14.5 Å². The molecular weight excluding hydrogens is 570 g/mol. The Labute approximate surface area is 270 Å². The van der Waals surface area contributed by atoms with E-state index < -0.39 is 11.6 Å². The Morgan fingerprint density at radius 3 is 2.39 bits per heavy atom. The Morgan fingerprint density at radius 1 is 0.891 bits per heavy atom. The number of benzene rings is 3. The lowest BCUT2D eigenvalue weighted by molar-refractivity contribution is 0.0242. The Hall–Kier alpha value is -5.10. The summed E-state index contributed by atoms with van der Waals surface area (Å²) in [6, 6.07) is 30.8. The van der Waals surface area contributed by atoms with Crippen LogP contribution in [0.3, 0.4) is 0 Å². The third-order valence-electron chi connectivity index (χ3n) is 9.36. The normalized spacial score (nSPS) is 15.7. The van der Waals surface area contributed by atoms with Gasteiger partial charge in [-0.2, -0.15) is 0 Å². The predicted octanol–water partition coefficient (Wildman–Crippen LogP) is 8.73. The van der Waals surface area contributed by atoms with Crippen LogP contribution in [0.15, 0.2) is 97.2 Å². The van der Waals surface area contributed by atoms with Crippen LogP contribution in [0.2, 0.25) is 0 Å². The molecule has 6 nitrogen and oxygen atoms in total. The summed E-state index contributed by atoms with van der Waals surface area (Å²) in [5.74, 6) is 0.272. The molecule has 1 atom stereocenters. The lowest BCUT2D eigenvalue weighted by Crippen LogP contribution is -2.32. The van der Waals surface area contributed by atoms with E-state index in [1.165, 1.54) is 5.56 Å². The van der Waals surface area contributed by atoms with Crippen molar-refractivity contribution in [2.75, 3.05) is 24.6 Å². The van der Waals surface area contributed by atoms with Gasteiger partial charge >= 0.3 is 5.97 Å². The minimum Gasteiger partial charge on any atom is -0.493 e. The number of pyridine rings is 2. The van der Waals surface area contributed by atoms with E-state index in [2.05, 4.69) is 97.8 Å². The lowest BCUT2D eigenvalue weighted by Gasteiger charge is -2.32. The molecule has 232 valence electrons. The second-order valence-electron chi connectivity index (χ2n) is 11.8. The number of rotatable bonds is 9. The van der Waals surface area contributed by atoms with E-state index in [1.54, 1.807) is 0 Å². The molecule has 1 aliphatic rings. The minimum absolute atomic E-state index is 0.398. The van der Waals surface area contributed by atoms with Crippen LogP contribution in [0, 0.1) is 6.92 Å². The van der Waals surface area contributed by atoms with Crippen LogP contribution < -0.4 is 9.64 Å². The molecule has 0 fully saturated rings. The van der Waals surface area contributed by atoms with Crippen LogP contribution in [0.25, 0.3) is 27.5 Å². The molecule has 3 aromatic heterocycles. The van der Waals surface area contributed by atoms with Crippen molar-refractivity contribution in [3.05, 3.63) is 131 Å². The number of cyclic esters (lactones) is 1. The van der Waals surface area contributed by atoms with Gasteiger partial charge in [-0.25, -0.2) is 9.78 Å². The highest BCUT2D eigenvalue weighted by Crippen LogP contribution is 2.55. The number of carbonyl (C=O) groups excluding carboxylic acids is 1. The second kappa shape index (κ2) is 11.7. The second-order valence-corrected chi connectivity index (χ2v) is 11.8. The van der Waals surface area contributed by atoms with Gasteiger partial charge in [0.2, 0.25) is 5.60 Å². The summed E-state index contributed by atoms with van der Waals surface area (Å²) in [6.45, 7) is 12.8. The number of esters is 1. The molecule has 7 rings (SSSR count). The Balaban J connectivity index is 1.67. The number of ether oxygens (including phenoxy) is 2. The van der Waals surface area contributed by atoms with Gasteiger partial charge in [0.25, 0.3) is 0 Å². The van der Waals surface area contributed by atoms with Crippen LogP contribution in [0.4, 0.5) is 5.69 Å². The molecule has 0 aliphatic carbocycles. The maximum absolute atomic E-state index is 14.2. The first-order valence-electron chi connectivity index (χ1n) is 16.3. The number of anilines is 1. The van der Waals surface area contributed by atoms with Gasteiger partial charge in [0.15, 0.2) is 0 Å². The fourth-order valence-electron chi connectivity index (χ4n) is 7.11. The van der Waals surface area contributed by atoms with Gasteiger partial charge in [-0.1, -0.05) is 61.5 Å². The number of nitrogens with zero attached hydrogens (tertiary/aromatic N) is 3. The quantitative estimate of drug-likeness (QED) is 0.154. The van der Waals surface area contributed by atoms with Crippen molar-refractivity contribution >= 4 is 28.1 Å². The predicted molar refractivity (Wildman–Crippen MR) is 185 cm³/mol. The van der Waals surface area contributed by atoms with Gasteiger partial charge in [-0.15, -0.1) is 0 Å². The Morgan fingerprint density at radius 2 is 1.65 bits per heavy atom. The monoisotopic (exact) mass is 609 g/mol. The lowest BCUT2D eigenvalue weighted by atomic mass is 9.78. The van der Waals surface area contributed by atoms with E-state index in [9.17, 15) is 4.79 Å². The first kappa shape index (κ1) is 29.6. The summed E-state index contributed by atoms with van der Waals surface area (Å²) in [5, 5.41) is 0.893. The highest BCUT2D eigenvalue weighted by Gasteiger charge is 2.54. The van der Waals surface area contributed by atoms with E-state index >= 15 is 0 Å². The standard InChI is InChI=1S/C40H39N3O3/c1-6-27-19-22-34-37(36(26(5)43(34)25-27)28-15-11-10-12-16-28)40(32-21-20-30(42(7-2)8-3)24-35(32)45-9-4)38-31(39(44)46-40)23-29-17-13-14-18-33(29)41-38/h10-25H,6-9H2,1-5H3. The molecule has 1 aliphatic heterocycles. The molecule has 6 heteroatoms. The van der Waals surface area contributed by atoms with Gasteiger partial charge in [0.1, 0.15) is 11.4 Å². The molecule has 0 spiro atoms. The average molecular weight is 610 g/mol. The number of para-hydroxylation sites is 1. The smallest absolute Gasteiger partial charge is 0.341 e. The number of aromatic nitrogens is 2.